The van der Waals surface area contributed by atoms with Gasteiger partial charge in [-0.2, -0.15) is 0 Å². The van der Waals surface area contributed by atoms with Crippen molar-refractivity contribution < 1.29 is 19.1 Å². The molecule has 1 heterocycles. The number of amides is 1. The minimum absolute atomic E-state index is 0.254. The van der Waals surface area contributed by atoms with Crippen molar-refractivity contribution in [2.45, 2.75) is 51.3 Å². The zero-order valence-electron chi connectivity index (χ0n) is 12.3. The summed E-state index contributed by atoms with van der Waals surface area (Å²) in [5.74, 6) is -0.513. The van der Waals surface area contributed by atoms with Gasteiger partial charge < -0.3 is 9.47 Å². The van der Waals surface area contributed by atoms with E-state index in [1.54, 1.807) is 20.8 Å². The maximum Gasteiger partial charge on any atom is 0.411 e. The van der Waals surface area contributed by atoms with Crippen molar-refractivity contribution in [3.05, 3.63) is 0 Å². The van der Waals surface area contributed by atoms with Crippen LogP contribution in [0.3, 0.4) is 0 Å². The standard InChI is InChI=1S/C12H21N4O4/c1-12(2,3)20-11(18)16-6-5-8(14-15-13)7-9(16)10(17)19-4/h8-9,13H,5-7H2,1-4H3/q+1/t8-,9+/m1/s1. The molecule has 8 nitrogen and oxygen atoms in total. The lowest BCUT2D eigenvalue weighted by molar-refractivity contribution is -0.148. The predicted molar refractivity (Wildman–Crippen MR) is 69.0 cm³/mol. The van der Waals surface area contributed by atoms with Gasteiger partial charge in [-0.25, -0.2) is 9.59 Å². The first-order valence-electron chi connectivity index (χ1n) is 6.42. The fourth-order valence-corrected chi connectivity index (χ4v) is 2.03. The van der Waals surface area contributed by atoms with Gasteiger partial charge in [-0.3, -0.25) is 4.90 Å². The Morgan fingerprint density at radius 2 is 2.05 bits per heavy atom. The van der Waals surface area contributed by atoms with E-state index < -0.39 is 23.7 Å². The van der Waals surface area contributed by atoms with E-state index in [4.69, 9.17) is 15.0 Å². The summed E-state index contributed by atoms with van der Waals surface area (Å²) in [4.78, 5) is 28.3. The number of nitrogens with zero attached hydrogens (tertiary/aromatic N) is 3. The van der Waals surface area contributed by atoms with E-state index in [2.05, 4.69) is 10.0 Å². The molecule has 0 saturated carbocycles. The van der Waals surface area contributed by atoms with Crippen LogP contribution >= 0.6 is 0 Å². The fourth-order valence-electron chi connectivity index (χ4n) is 2.03. The van der Waals surface area contributed by atoms with Gasteiger partial charge in [-0.1, -0.05) is 0 Å². The molecular formula is C12H21N4O4+. The Labute approximate surface area is 117 Å². The van der Waals surface area contributed by atoms with E-state index in [-0.39, 0.29) is 12.5 Å². The molecule has 0 spiro atoms. The zero-order valence-corrected chi connectivity index (χ0v) is 12.3. The summed E-state index contributed by atoms with van der Waals surface area (Å²) in [5.41, 5.74) is 6.12. The molecule has 1 N–H and O–H groups in total. The molecule has 1 rings (SSSR count). The summed E-state index contributed by atoms with van der Waals surface area (Å²) in [6.45, 7) is 5.61. The number of ether oxygens (including phenoxy) is 2. The Hall–Kier alpha value is -1.95. The SMILES string of the molecule is COC(=O)[C@@H]1C[C@H](N=[N+]=N)CCN1C(=O)OC(C)(C)C. The van der Waals surface area contributed by atoms with Crippen LogP contribution < -0.4 is 4.91 Å². The summed E-state index contributed by atoms with van der Waals surface area (Å²) in [6, 6.07) is -1.01. The van der Waals surface area contributed by atoms with Crippen molar-refractivity contribution in [3.63, 3.8) is 0 Å². The molecule has 0 unspecified atom stereocenters. The first-order chi connectivity index (χ1) is 9.28. The van der Waals surface area contributed by atoms with Gasteiger partial charge in [0, 0.05) is 13.0 Å². The van der Waals surface area contributed by atoms with Gasteiger partial charge >= 0.3 is 12.1 Å². The Morgan fingerprint density at radius 3 is 2.55 bits per heavy atom. The van der Waals surface area contributed by atoms with Gasteiger partial charge in [-0.05, 0) is 27.2 Å². The van der Waals surface area contributed by atoms with Gasteiger partial charge in [0.1, 0.15) is 28.3 Å². The van der Waals surface area contributed by atoms with Crippen LogP contribution in [0.1, 0.15) is 33.6 Å². The van der Waals surface area contributed by atoms with Crippen molar-refractivity contribution in [2.75, 3.05) is 13.7 Å². The average Bonchev–Trinajstić information content (AvgIpc) is 2.36. The summed E-state index contributed by atoms with van der Waals surface area (Å²) in [5, 5.41) is 3.72. The highest BCUT2D eigenvalue weighted by molar-refractivity contribution is 5.81. The number of methoxy groups -OCH3 is 1. The Bertz CT molecular complexity index is 426. The number of carbonyl (C=O) groups excluding carboxylic acids is 2. The minimum atomic E-state index is -0.751. The largest absolute Gasteiger partial charge is 0.467 e. The number of nitrogens with one attached hydrogen (secondary N) is 1. The second-order valence-electron chi connectivity index (χ2n) is 5.61. The molecule has 1 aliphatic heterocycles. The van der Waals surface area contributed by atoms with E-state index >= 15 is 0 Å². The molecule has 0 aromatic carbocycles. The number of rotatable bonds is 2. The van der Waals surface area contributed by atoms with E-state index in [1.165, 1.54) is 12.0 Å². The second kappa shape index (κ2) is 6.47. The number of hydrogen-bond donors (Lipinski definition) is 1. The Balaban J connectivity index is 2.85. The smallest absolute Gasteiger partial charge is 0.411 e. The molecule has 1 amide bonds. The second-order valence-corrected chi connectivity index (χ2v) is 5.61. The van der Waals surface area contributed by atoms with Gasteiger partial charge in [0.05, 0.1) is 7.11 Å². The molecule has 8 heteroatoms. The molecule has 1 saturated heterocycles. The normalized spacial score (nSPS) is 22.7. The van der Waals surface area contributed by atoms with Crippen LogP contribution in [0.25, 0.3) is 0 Å². The molecule has 2 atom stereocenters. The van der Waals surface area contributed by atoms with Crippen molar-refractivity contribution in [1.29, 1.82) is 5.53 Å². The van der Waals surface area contributed by atoms with E-state index in [1.807, 2.05) is 0 Å². The molecule has 0 aliphatic carbocycles. The Kier molecular flexibility index (Phi) is 5.21. The minimum Gasteiger partial charge on any atom is -0.467 e. The predicted octanol–water partition coefficient (Wildman–Crippen LogP) is 1.48. The van der Waals surface area contributed by atoms with E-state index in [0.717, 1.165) is 0 Å². The van der Waals surface area contributed by atoms with Gasteiger partial charge in [0.2, 0.25) is 4.91 Å². The number of carbonyl (C=O) groups is 2. The molecule has 0 radical (unpaired) electrons. The van der Waals surface area contributed by atoms with Gasteiger partial charge in [-0.15, -0.1) is 0 Å². The lowest BCUT2D eigenvalue weighted by Gasteiger charge is -2.35. The maximum absolute atomic E-state index is 12.1. The van der Waals surface area contributed by atoms with Gasteiger partial charge in [0.15, 0.2) is 0 Å². The third-order valence-corrected chi connectivity index (χ3v) is 2.90. The molecule has 0 aromatic heterocycles. The summed E-state index contributed by atoms with van der Waals surface area (Å²) in [7, 11) is 1.27. The van der Waals surface area contributed by atoms with Crippen molar-refractivity contribution in [1.82, 2.24) is 9.81 Å². The lowest BCUT2D eigenvalue weighted by atomic mass is 9.98. The Morgan fingerprint density at radius 1 is 1.40 bits per heavy atom. The zero-order chi connectivity index (χ0) is 15.3. The van der Waals surface area contributed by atoms with Crippen LogP contribution in [0, 0.1) is 5.53 Å². The lowest BCUT2D eigenvalue weighted by Crippen LogP contribution is -2.52. The summed E-state index contributed by atoms with van der Waals surface area (Å²) < 4.78 is 10.0. The first kappa shape index (κ1) is 16.1. The van der Waals surface area contributed by atoms with Crippen LogP contribution in [0.5, 0.6) is 0 Å². The van der Waals surface area contributed by atoms with Crippen LogP contribution in [-0.2, 0) is 14.3 Å². The molecule has 1 aliphatic rings. The van der Waals surface area contributed by atoms with Crippen molar-refractivity contribution in [2.24, 2.45) is 5.11 Å². The monoisotopic (exact) mass is 285 g/mol. The first-order valence-corrected chi connectivity index (χ1v) is 6.42. The molecule has 20 heavy (non-hydrogen) atoms. The van der Waals surface area contributed by atoms with Crippen LogP contribution in [0.4, 0.5) is 4.79 Å². The van der Waals surface area contributed by atoms with Crippen LogP contribution in [0.15, 0.2) is 5.11 Å². The van der Waals surface area contributed by atoms with Crippen LogP contribution in [0.2, 0.25) is 0 Å². The number of piperidine rings is 1. The number of esters is 1. The fraction of sp³-hybridized carbons (Fsp3) is 0.833. The molecular weight excluding hydrogens is 264 g/mol. The topological polar surface area (TPSA) is 106 Å². The van der Waals surface area contributed by atoms with Crippen molar-refractivity contribution in [3.8, 4) is 0 Å². The summed E-state index contributed by atoms with van der Waals surface area (Å²) in [6.07, 6.45) is 0.276. The van der Waals surface area contributed by atoms with E-state index in [9.17, 15) is 9.59 Å². The number of hydrogen-bond acceptors (Lipinski definition) is 6. The van der Waals surface area contributed by atoms with Gasteiger partial charge in [0.25, 0.3) is 0 Å². The third kappa shape index (κ3) is 4.31. The number of likely N-dealkylation sites (tertiary alicyclic amines) is 1. The average molecular weight is 285 g/mol. The molecule has 1 fully saturated rings. The van der Waals surface area contributed by atoms with E-state index in [0.29, 0.717) is 13.0 Å². The summed E-state index contributed by atoms with van der Waals surface area (Å²) >= 11 is 0. The third-order valence-electron chi connectivity index (χ3n) is 2.90. The molecule has 0 bridgehead atoms. The van der Waals surface area contributed by atoms with Crippen molar-refractivity contribution >= 4 is 12.1 Å². The highest BCUT2D eigenvalue weighted by Crippen LogP contribution is 2.23. The molecule has 112 valence electrons. The quantitative estimate of drug-likeness (QED) is 0.471. The maximum atomic E-state index is 12.1. The highest BCUT2D eigenvalue weighted by Gasteiger charge is 2.40. The van der Waals surface area contributed by atoms with Crippen LogP contribution in [-0.4, -0.2) is 48.3 Å². The molecule has 0 aromatic rings. The highest BCUT2D eigenvalue weighted by atomic mass is 16.6.